The van der Waals surface area contributed by atoms with E-state index < -0.39 is 5.60 Å². The van der Waals surface area contributed by atoms with E-state index in [-0.39, 0.29) is 17.8 Å². The van der Waals surface area contributed by atoms with E-state index in [0.29, 0.717) is 23.6 Å². The van der Waals surface area contributed by atoms with Gasteiger partial charge in [0.2, 0.25) is 5.95 Å². The molecule has 0 unspecified atom stereocenters. The quantitative estimate of drug-likeness (QED) is 0.164. The van der Waals surface area contributed by atoms with E-state index in [4.69, 9.17) is 19.4 Å². The maximum absolute atomic E-state index is 13.0. The van der Waals surface area contributed by atoms with Crippen LogP contribution in [0.5, 0.6) is 0 Å². The summed E-state index contributed by atoms with van der Waals surface area (Å²) in [6.45, 7) is 13.5. The van der Waals surface area contributed by atoms with Gasteiger partial charge in [0, 0.05) is 54.9 Å². The van der Waals surface area contributed by atoms with E-state index >= 15 is 0 Å². The molecule has 9 heteroatoms. The van der Waals surface area contributed by atoms with Crippen LogP contribution in [0.3, 0.4) is 0 Å². The molecule has 8 rings (SSSR count). The summed E-state index contributed by atoms with van der Waals surface area (Å²) < 4.78 is 15.3. The lowest BCUT2D eigenvalue weighted by molar-refractivity contribution is -0.0990. The fraction of sp³-hybridized carbons (Fsp3) is 0.500. The Morgan fingerprint density at radius 2 is 1.69 bits per heavy atom. The van der Waals surface area contributed by atoms with Crippen LogP contribution in [-0.4, -0.2) is 75.5 Å². The largest absolute Gasteiger partial charge is 0.375 e. The third-order valence-electron chi connectivity index (χ3n) is 11.4. The number of hydrogen-bond donors (Lipinski definition) is 1. The molecule has 0 radical (unpaired) electrons. The Bertz CT molecular complexity index is 2070. The first-order chi connectivity index (χ1) is 24.6. The minimum Gasteiger partial charge on any atom is -0.375 e. The highest BCUT2D eigenvalue weighted by Gasteiger charge is 2.45. The van der Waals surface area contributed by atoms with Crippen LogP contribution in [0.4, 0.5) is 5.95 Å². The summed E-state index contributed by atoms with van der Waals surface area (Å²) in [5, 5.41) is 1.82. The van der Waals surface area contributed by atoms with Gasteiger partial charge in [-0.2, -0.15) is 0 Å². The molecule has 9 nitrogen and oxygen atoms in total. The number of anilines is 1. The topological polar surface area (TPSA) is 88.5 Å². The fourth-order valence-electron chi connectivity index (χ4n) is 8.07. The van der Waals surface area contributed by atoms with Gasteiger partial charge >= 0.3 is 0 Å². The lowest BCUT2D eigenvalue weighted by atomic mass is 9.82. The molecule has 3 aliphatic rings. The molecule has 0 bridgehead atoms. The summed E-state index contributed by atoms with van der Waals surface area (Å²) in [4.78, 5) is 32.0. The van der Waals surface area contributed by atoms with Crippen molar-refractivity contribution in [2.24, 2.45) is 12.5 Å². The molecule has 1 N–H and O–H groups in total. The minimum absolute atomic E-state index is 0.00546. The lowest BCUT2D eigenvalue weighted by Crippen LogP contribution is -2.49. The third-order valence-corrected chi connectivity index (χ3v) is 11.4. The van der Waals surface area contributed by atoms with Crippen molar-refractivity contribution in [2.75, 3.05) is 37.7 Å². The summed E-state index contributed by atoms with van der Waals surface area (Å²) >= 11 is 0. The molecule has 51 heavy (non-hydrogen) atoms. The Hall–Kier alpha value is -4.05. The third kappa shape index (κ3) is 6.72. The number of hydrogen-bond acceptors (Lipinski definition) is 7. The van der Waals surface area contributed by atoms with Crippen LogP contribution in [0.1, 0.15) is 77.5 Å². The standard InChI is InChI=1S/C42H52N6O3/c1-28(2)50-27-42(51-32-12-13-32,30-9-7-6-8-10-30)38-34-25-29(35-26-46(5)39(49)37-33(35)15-20-43-37)11-14-36(34)44-40(45-38)48-21-16-31(17-22-48)47-23-18-41(3,4)19-24-47/h6-11,14-15,20,25-26,28,31-32,43H,12-13,16-19,21-24,27H2,1-5H3/t42-/m0/s1. The number of piperidine rings is 2. The molecule has 5 heterocycles. The highest BCUT2D eigenvalue weighted by atomic mass is 16.6. The van der Waals surface area contributed by atoms with Crippen LogP contribution in [0.25, 0.3) is 32.9 Å². The number of fused-ring (bicyclic) bond motifs is 2. The molecule has 3 aromatic heterocycles. The molecule has 2 aromatic carbocycles. The number of pyridine rings is 1. The van der Waals surface area contributed by atoms with Crippen LogP contribution in [0, 0.1) is 5.41 Å². The van der Waals surface area contributed by atoms with Crippen LogP contribution in [0.2, 0.25) is 0 Å². The van der Waals surface area contributed by atoms with Gasteiger partial charge in [-0.3, -0.25) is 4.79 Å². The Labute approximate surface area is 301 Å². The maximum atomic E-state index is 13.0. The van der Waals surface area contributed by atoms with Crippen molar-refractivity contribution in [3.63, 3.8) is 0 Å². The van der Waals surface area contributed by atoms with Gasteiger partial charge in [0.25, 0.3) is 5.56 Å². The Morgan fingerprint density at radius 1 is 0.941 bits per heavy atom. The van der Waals surface area contributed by atoms with Gasteiger partial charge in [-0.15, -0.1) is 0 Å². The van der Waals surface area contributed by atoms with Gasteiger partial charge in [0.1, 0.15) is 5.52 Å². The van der Waals surface area contributed by atoms with Gasteiger partial charge in [-0.1, -0.05) is 50.2 Å². The zero-order chi connectivity index (χ0) is 35.3. The van der Waals surface area contributed by atoms with Crippen molar-refractivity contribution < 1.29 is 9.47 Å². The molecular formula is C42H52N6O3. The van der Waals surface area contributed by atoms with Crippen molar-refractivity contribution >= 4 is 27.8 Å². The van der Waals surface area contributed by atoms with Crippen molar-refractivity contribution in [2.45, 2.75) is 90.1 Å². The average molecular weight is 689 g/mol. The van der Waals surface area contributed by atoms with Gasteiger partial charge in [-0.05, 0) is 100 Å². The number of nitrogens with zero attached hydrogens (tertiary/aromatic N) is 5. The minimum atomic E-state index is -0.951. The molecule has 2 saturated heterocycles. The van der Waals surface area contributed by atoms with E-state index in [9.17, 15) is 4.79 Å². The Kier molecular flexibility index (Phi) is 9.01. The van der Waals surface area contributed by atoms with Crippen LogP contribution < -0.4 is 10.5 Å². The number of nitrogens with one attached hydrogen (secondary N) is 1. The molecule has 0 amide bonds. The second-order valence-corrected chi connectivity index (χ2v) is 16.1. The molecule has 2 aliphatic heterocycles. The van der Waals surface area contributed by atoms with E-state index in [1.165, 1.54) is 25.9 Å². The van der Waals surface area contributed by atoms with Crippen LogP contribution >= 0.6 is 0 Å². The number of ether oxygens (including phenoxy) is 2. The zero-order valence-electron chi connectivity index (χ0n) is 30.8. The molecule has 3 fully saturated rings. The van der Waals surface area contributed by atoms with Crippen molar-refractivity contribution in [3.8, 4) is 11.1 Å². The van der Waals surface area contributed by atoms with E-state index in [1.807, 2.05) is 24.5 Å². The molecule has 268 valence electrons. The lowest BCUT2D eigenvalue weighted by Gasteiger charge is -2.44. The average Bonchev–Trinajstić information content (AvgIpc) is 3.82. The molecular weight excluding hydrogens is 637 g/mol. The summed E-state index contributed by atoms with van der Waals surface area (Å²) in [7, 11) is 1.80. The highest BCUT2D eigenvalue weighted by Crippen LogP contribution is 2.44. The van der Waals surface area contributed by atoms with Gasteiger partial charge < -0.3 is 28.8 Å². The molecule has 5 aromatic rings. The monoisotopic (exact) mass is 688 g/mol. The summed E-state index contributed by atoms with van der Waals surface area (Å²) in [5.41, 5.74) is 4.74. The Balaban J connectivity index is 1.26. The normalized spacial score (nSPS) is 20.0. The molecule has 0 spiro atoms. The first kappa shape index (κ1) is 34.1. The molecule has 1 aliphatic carbocycles. The van der Waals surface area contributed by atoms with E-state index in [2.05, 4.69) is 84.9 Å². The number of likely N-dealkylation sites (tertiary alicyclic amines) is 1. The predicted octanol–water partition coefficient (Wildman–Crippen LogP) is 7.42. The van der Waals surface area contributed by atoms with Crippen molar-refractivity contribution in [1.82, 2.24) is 24.4 Å². The summed E-state index contributed by atoms with van der Waals surface area (Å²) in [5.74, 6) is 0.753. The highest BCUT2D eigenvalue weighted by molar-refractivity contribution is 5.97. The second-order valence-electron chi connectivity index (χ2n) is 16.1. The smallest absolute Gasteiger partial charge is 0.274 e. The summed E-state index contributed by atoms with van der Waals surface area (Å²) in [6, 6.07) is 19.5. The number of benzene rings is 2. The van der Waals surface area contributed by atoms with Gasteiger partial charge in [-0.25, -0.2) is 9.97 Å². The molecule has 1 atom stereocenters. The number of H-pyrrole nitrogens is 1. The predicted molar refractivity (Wildman–Crippen MR) is 204 cm³/mol. The van der Waals surface area contributed by atoms with Crippen LogP contribution in [0.15, 0.2) is 71.8 Å². The molecule has 1 saturated carbocycles. The van der Waals surface area contributed by atoms with Gasteiger partial charge in [0.05, 0.1) is 30.0 Å². The second kappa shape index (κ2) is 13.5. The van der Waals surface area contributed by atoms with E-state index in [0.717, 1.165) is 83.4 Å². The number of aryl methyl sites for hydroxylation is 1. The summed E-state index contributed by atoms with van der Waals surface area (Å²) in [6.07, 6.45) is 10.7. The number of aromatic amines is 1. The number of aromatic nitrogens is 4. The number of rotatable bonds is 10. The maximum Gasteiger partial charge on any atom is 0.274 e. The van der Waals surface area contributed by atoms with Crippen molar-refractivity contribution in [1.29, 1.82) is 0 Å². The SMILES string of the molecule is CC(C)OC[C@](OC1CC1)(c1ccccc1)c1nc(N2CCC(N3CCC(C)(C)CC3)CC2)nc2ccc(-c3cn(C)c(=O)c4[nH]ccc34)cc12. The van der Waals surface area contributed by atoms with Gasteiger partial charge in [0.15, 0.2) is 5.60 Å². The zero-order valence-corrected chi connectivity index (χ0v) is 30.8. The van der Waals surface area contributed by atoms with Crippen LogP contribution in [-0.2, 0) is 22.1 Å². The fourth-order valence-corrected chi connectivity index (χ4v) is 8.07. The Morgan fingerprint density at radius 3 is 2.39 bits per heavy atom. The first-order valence-electron chi connectivity index (χ1n) is 18.9. The first-order valence-corrected chi connectivity index (χ1v) is 18.9. The van der Waals surface area contributed by atoms with E-state index in [1.54, 1.807) is 11.6 Å². The van der Waals surface area contributed by atoms with Crippen molar-refractivity contribution in [3.05, 3.63) is 88.6 Å².